The number of carbonyl (C=O) groups is 3. The Labute approximate surface area is 193 Å². The molecule has 0 aliphatic carbocycles. The number of carbonyl (C=O) groups excluding carboxylic acids is 3. The molecule has 33 heavy (non-hydrogen) atoms. The van der Waals surface area contributed by atoms with Crippen LogP contribution in [0.1, 0.15) is 36.5 Å². The van der Waals surface area contributed by atoms with Crippen molar-refractivity contribution in [3.8, 4) is 5.75 Å². The summed E-state index contributed by atoms with van der Waals surface area (Å²) in [6.07, 6.45) is 1.13. The number of hydrogen-bond donors (Lipinski definition) is 2. The molecule has 3 rings (SSSR count). The number of amides is 3. The van der Waals surface area contributed by atoms with Crippen molar-refractivity contribution >= 4 is 34.2 Å². The highest BCUT2D eigenvalue weighted by Crippen LogP contribution is 2.25. The maximum Gasteiger partial charge on any atom is 0.248 e. The smallest absolute Gasteiger partial charge is 0.248 e. The maximum atomic E-state index is 12.6. The second-order valence-corrected chi connectivity index (χ2v) is 7.64. The first-order valence-corrected chi connectivity index (χ1v) is 11.1. The summed E-state index contributed by atoms with van der Waals surface area (Å²) >= 11 is 0. The van der Waals surface area contributed by atoms with Crippen molar-refractivity contribution in [2.24, 2.45) is 5.73 Å². The third-order valence-electron chi connectivity index (χ3n) is 5.34. The van der Waals surface area contributed by atoms with Gasteiger partial charge in [0.1, 0.15) is 5.75 Å². The normalized spacial score (nSPS) is 10.6. The highest BCUT2D eigenvalue weighted by atomic mass is 16.5. The fourth-order valence-electron chi connectivity index (χ4n) is 3.52. The summed E-state index contributed by atoms with van der Waals surface area (Å²) < 4.78 is 5.91. The van der Waals surface area contributed by atoms with E-state index in [1.54, 1.807) is 29.2 Å². The Morgan fingerprint density at radius 2 is 1.67 bits per heavy atom. The van der Waals surface area contributed by atoms with Crippen LogP contribution in [-0.2, 0) is 9.59 Å². The molecule has 0 aliphatic heterocycles. The van der Waals surface area contributed by atoms with Crippen LogP contribution in [0.3, 0.4) is 0 Å². The van der Waals surface area contributed by atoms with Crippen LogP contribution >= 0.6 is 0 Å². The lowest BCUT2D eigenvalue weighted by Crippen LogP contribution is -2.33. The standard InChI is InChI=1S/C26H29N3O4/c1-2-29(17-16-24(30)28-21-14-12-20(13-15-21)26(27)32)25(31)11-6-18-33-23-10-5-8-19-7-3-4-9-22(19)23/h3-5,7-10,12-15H,2,6,11,16-18H2,1H3,(H2,27,32)(H,28,30). The van der Waals surface area contributed by atoms with Crippen molar-refractivity contribution in [1.29, 1.82) is 0 Å². The van der Waals surface area contributed by atoms with E-state index in [9.17, 15) is 14.4 Å². The lowest BCUT2D eigenvalue weighted by atomic mass is 10.1. The molecule has 3 aromatic carbocycles. The molecule has 3 aromatic rings. The molecule has 7 nitrogen and oxygen atoms in total. The molecule has 0 bridgehead atoms. The summed E-state index contributed by atoms with van der Waals surface area (Å²) in [5.74, 6) is 0.0888. The van der Waals surface area contributed by atoms with Crippen LogP contribution in [0.5, 0.6) is 5.75 Å². The Kier molecular flexibility index (Phi) is 8.41. The number of nitrogens with one attached hydrogen (secondary N) is 1. The van der Waals surface area contributed by atoms with E-state index >= 15 is 0 Å². The molecule has 0 fully saturated rings. The predicted molar refractivity (Wildman–Crippen MR) is 129 cm³/mol. The molecule has 0 aromatic heterocycles. The molecule has 3 N–H and O–H groups in total. The minimum absolute atomic E-state index is 0.00219. The van der Waals surface area contributed by atoms with E-state index < -0.39 is 5.91 Å². The molecule has 0 saturated carbocycles. The molecule has 0 unspecified atom stereocenters. The van der Waals surface area contributed by atoms with Crippen LogP contribution in [-0.4, -0.2) is 42.3 Å². The predicted octanol–water partition coefficient (Wildman–Crippen LogP) is 3.98. The van der Waals surface area contributed by atoms with Crippen LogP contribution in [0.4, 0.5) is 5.69 Å². The van der Waals surface area contributed by atoms with Crippen LogP contribution in [0.25, 0.3) is 10.8 Å². The monoisotopic (exact) mass is 447 g/mol. The molecular weight excluding hydrogens is 418 g/mol. The van der Waals surface area contributed by atoms with Crippen molar-refractivity contribution < 1.29 is 19.1 Å². The summed E-state index contributed by atoms with van der Waals surface area (Å²) in [6.45, 7) is 3.21. The van der Waals surface area contributed by atoms with Gasteiger partial charge in [0.05, 0.1) is 6.61 Å². The first kappa shape index (κ1) is 23.8. The van der Waals surface area contributed by atoms with Crippen LogP contribution in [0.15, 0.2) is 66.7 Å². The Morgan fingerprint density at radius 1 is 0.939 bits per heavy atom. The Morgan fingerprint density at radius 3 is 2.39 bits per heavy atom. The molecule has 0 atom stereocenters. The van der Waals surface area contributed by atoms with Crippen molar-refractivity contribution in [1.82, 2.24) is 4.90 Å². The topological polar surface area (TPSA) is 102 Å². The third kappa shape index (κ3) is 6.80. The molecule has 0 aliphatic rings. The zero-order valence-corrected chi connectivity index (χ0v) is 18.8. The van der Waals surface area contributed by atoms with E-state index in [2.05, 4.69) is 5.32 Å². The molecule has 3 amide bonds. The SMILES string of the molecule is CCN(CCC(=O)Nc1ccc(C(N)=O)cc1)C(=O)CCCOc1cccc2ccccc12. The van der Waals surface area contributed by atoms with Gasteiger partial charge >= 0.3 is 0 Å². The second kappa shape index (κ2) is 11.7. The third-order valence-corrected chi connectivity index (χ3v) is 5.34. The fourth-order valence-corrected chi connectivity index (χ4v) is 3.52. The van der Waals surface area contributed by atoms with Gasteiger partial charge in [-0.1, -0.05) is 36.4 Å². The van der Waals surface area contributed by atoms with Crippen molar-refractivity contribution in [3.05, 3.63) is 72.3 Å². The average molecular weight is 448 g/mol. The summed E-state index contributed by atoms with van der Waals surface area (Å²) in [7, 11) is 0. The molecule has 172 valence electrons. The van der Waals surface area contributed by atoms with Crippen molar-refractivity contribution in [2.45, 2.75) is 26.2 Å². The lowest BCUT2D eigenvalue weighted by molar-refractivity contribution is -0.131. The van der Waals surface area contributed by atoms with Gasteiger partial charge in [0.15, 0.2) is 0 Å². The maximum absolute atomic E-state index is 12.6. The van der Waals surface area contributed by atoms with Crippen molar-refractivity contribution in [3.63, 3.8) is 0 Å². The fraction of sp³-hybridized carbons (Fsp3) is 0.269. The van der Waals surface area contributed by atoms with Gasteiger partial charge in [0.2, 0.25) is 17.7 Å². The molecule has 0 spiro atoms. The summed E-state index contributed by atoms with van der Waals surface area (Å²) in [5.41, 5.74) is 6.16. The minimum atomic E-state index is -0.521. The van der Waals surface area contributed by atoms with Gasteiger partial charge in [-0.25, -0.2) is 0 Å². The van der Waals surface area contributed by atoms with Gasteiger partial charge in [-0.3, -0.25) is 14.4 Å². The van der Waals surface area contributed by atoms with Crippen LogP contribution in [0, 0.1) is 0 Å². The summed E-state index contributed by atoms with van der Waals surface area (Å²) in [6, 6.07) is 20.3. The molecule has 0 saturated heterocycles. The highest BCUT2D eigenvalue weighted by molar-refractivity contribution is 5.95. The Bertz CT molecular complexity index is 1110. The number of rotatable bonds is 11. The Balaban J connectivity index is 1.41. The molecule has 7 heteroatoms. The van der Waals surface area contributed by atoms with E-state index in [0.29, 0.717) is 43.8 Å². The molecule has 0 heterocycles. The first-order valence-electron chi connectivity index (χ1n) is 11.1. The second-order valence-electron chi connectivity index (χ2n) is 7.64. The largest absolute Gasteiger partial charge is 0.493 e. The van der Waals surface area contributed by atoms with Gasteiger partial charge in [0, 0.05) is 42.6 Å². The number of nitrogens with two attached hydrogens (primary N) is 1. The molecular formula is C26H29N3O4. The summed E-state index contributed by atoms with van der Waals surface area (Å²) in [4.78, 5) is 37.6. The number of nitrogens with zero attached hydrogens (tertiary/aromatic N) is 1. The first-order chi connectivity index (χ1) is 16.0. The number of hydrogen-bond acceptors (Lipinski definition) is 4. The van der Waals surface area contributed by atoms with E-state index in [1.807, 2.05) is 49.4 Å². The average Bonchev–Trinajstić information content (AvgIpc) is 2.82. The van der Waals surface area contributed by atoms with Gasteiger partial charge < -0.3 is 20.7 Å². The lowest BCUT2D eigenvalue weighted by Gasteiger charge is -2.20. The van der Waals surface area contributed by atoms with E-state index in [4.69, 9.17) is 10.5 Å². The Hall–Kier alpha value is -3.87. The van der Waals surface area contributed by atoms with Gasteiger partial charge in [0.25, 0.3) is 0 Å². The minimum Gasteiger partial charge on any atom is -0.493 e. The highest BCUT2D eigenvalue weighted by Gasteiger charge is 2.14. The van der Waals surface area contributed by atoms with Crippen molar-refractivity contribution in [2.75, 3.05) is 25.0 Å². The van der Waals surface area contributed by atoms with E-state index in [0.717, 1.165) is 16.5 Å². The number of fused-ring (bicyclic) bond motifs is 1. The van der Waals surface area contributed by atoms with Gasteiger partial charge in [-0.2, -0.15) is 0 Å². The van der Waals surface area contributed by atoms with Gasteiger partial charge in [-0.05, 0) is 49.1 Å². The zero-order valence-electron chi connectivity index (χ0n) is 18.8. The number of benzene rings is 3. The molecule has 0 radical (unpaired) electrons. The quantitative estimate of drug-likeness (QED) is 0.434. The number of primary amides is 1. The number of ether oxygens (including phenoxy) is 1. The summed E-state index contributed by atoms with van der Waals surface area (Å²) in [5, 5.41) is 4.93. The number of anilines is 1. The van der Waals surface area contributed by atoms with E-state index in [1.165, 1.54) is 0 Å². The zero-order chi connectivity index (χ0) is 23.6. The van der Waals surface area contributed by atoms with Crippen LogP contribution in [0.2, 0.25) is 0 Å². The van der Waals surface area contributed by atoms with E-state index in [-0.39, 0.29) is 18.2 Å². The van der Waals surface area contributed by atoms with Crippen LogP contribution < -0.4 is 15.8 Å². The van der Waals surface area contributed by atoms with Gasteiger partial charge in [-0.15, -0.1) is 0 Å².